The smallest absolute Gasteiger partial charge is 0.189 e. The van der Waals surface area contributed by atoms with Gasteiger partial charge in [0.05, 0.1) is 0 Å². The van der Waals surface area contributed by atoms with Gasteiger partial charge in [-0.05, 0) is 37.7 Å². The first-order chi connectivity index (χ1) is 5.10. The lowest BCUT2D eigenvalue weighted by Gasteiger charge is -2.33. The van der Waals surface area contributed by atoms with E-state index in [1.54, 1.807) is 25.8 Å². The molecule has 12 heavy (non-hydrogen) atoms. The molecule has 0 saturated carbocycles. The predicted molar refractivity (Wildman–Crippen MR) is 67.6 cm³/mol. The molecule has 1 atom stereocenters. The topological polar surface area (TPSA) is 6.48 Å². The van der Waals surface area contributed by atoms with Gasteiger partial charge in [-0.3, -0.25) is 4.67 Å². The van der Waals surface area contributed by atoms with E-state index in [0.29, 0.717) is 0 Å². The molecule has 0 aliphatic carbocycles. The SMILES string of the molecule is CN(C)P(=S)(Cl)N(C)P(=S)(Cl)Cl. The molecule has 0 radical (unpaired) electrons. The Morgan fingerprint density at radius 3 is 1.42 bits per heavy atom. The zero-order valence-corrected chi connectivity index (χ0v) is 12.4. The first kappa shape index (κ1) is 14.1. The molecule has 0 aliphatic heterocycles. The van der Waals surface area contributed by atoms with Crippen LogP contribution < -0.4 is 0 Å². The molecule has 0 aliphatic rings. The maximum Gasteiger partial charge on any atom is 0.189 e. The Balaban J connectivity index is 4.83. The summed E-state index contributed by atoms with van der Waals surface area (Å²) in [6.07, 6.45) is 0. The summed E-state index contributed by atoms with van der Waals surface area (Å²) in [5.41, 5.74) is -2.32. The molecule has 0 aromatic rings. The summed E-state index contributed by atoms with van der Waals surface area (Å²) < 4.78 is 3.24. The molecule has 0 amide bonds. The van der Waals surface area contributed by atoms with Gasteiger partial charge < -0.3 is 0 Å². The second-order valence-corrected chi connectivity index (χ2v) is 16.2. The Morgan fingerprint density at radius 1 is 1.00 bits per heavy atom. The minimum atomic E-state index is -2.55. The van der Waals surface area contributed by atoms with Crippen molar-refractivity contribution in [3.8, 4) is 0 Å². The third-order valence-electron chi connectivity index (χ3n) is 1.19. The quantitative estimate of drug-likeness (QED) is 0.734. The average Bonchev–Trinajstić information content (AvgIpc) is 1.83. The largest absolute Gasteiger partial charge is 0.258 e. The fraction of sp³-hybridized carbons (Fsp3) is 1.00. The summed E-state index contributed by atoms with van der Waals surface area (Å²) in [4.78, 5) is -2.55. The van der Waals surface area contributed by atoms with Crippen LogP contribution in [0.1, 0.15) is 0 Å². The van der Waals surface area contributed by atoms with Gasteiger partial charge in [0.25, 0.3) is 0 Å². The lowest BCUT2D eigenvalue weighted by atomic mass is 11.3. The monoisotopic (exact) mass is 304 g/mol. The van der Waals surface area contributed by atoms with Crippen LogP contribution in [-0.2, 0) is 23.6 Å². The van der Waals surface area contributed by atoms with Crippen molar-refractivity contribution in [2.24, 2.45) is 0 Å². The van der Waals surface area contributed by atoms with E-state index >= 15 is 0 Å². The van der Waals surface area contributed by atoms with E-state index in [0.717, 1.165) is 0 Å². The molecule has 9 heteroatoms. The molecule has 0 spiro atoms. The molecule has 74 valence electrons. The van der Waals surface area contributed by atoms with Crippen molar-refractivity contribution >= 4 is 67.9 Å². The van der Waals surface area contributed by atoms with Crippen LogP contribution in [0.4, 0.5) is 0 Å². The minimum Gasteiger partial charge on any atom is -0.258 e. The van der Waals surface area contributed by atoms with E-state index in [2.05, 4.69) is 0 Å². The van der Waals surface area contributed by atoms with Crippen LogP contribution in [0, 0.1) is 0 Å². The predicted octanol–water partition coefficient (Wildman–Crippen LogP) is 3.65. The molecule has 0 N–H and O–H groups in total. The third-order valence-corrected chi connectivity index (χ3v) is 12.2. The van der Waals surface area contributed by atoms with Crippen molar-refractivity contribution in [1.29, 1.82) is 0 Å². The van der Waals surface area contributed by atoms with Gasteiger partial charge in [-0.25, -0.2) is 4.44 Å². The maximum absolute atomic E-state index is 6.08. The second-order valence-electron chi connectivity index (χ2n) is 2.24. The Bertz CT molecular complexity index is 252. The molecule has 0 saturated heterocycles. The Hall–Kier alpha value is 2.09. The first-order valence-electron chi connectivity index (χ1n) is 2.81. The van der Waals surface area contributed by atoms with E-state index in [1.807, 2.05) is 0 Å². The summed E-state index contributed by atoms with van der Waals surface area (Å²) in [6, 6.07) is 0. The van der Waals surface area contributed by atoms with Crippen molar-refractivity contribution in [3.05, 3.63) is 0 Å². The Morgan fingerprint density at radius 2 is 1.33 bits per heavy atom. The standard InChI is InChI=1S/C3H9Cl3N2P2S2/c1-7(2)10(6,12)8(3)9(4,5)11/h1-3H3. The van der Waals surface area contributed by atoms with E-state index in [1.165, 1.54) is 4.44 Å². The molecule has 0 aromatic heterocycles. The molecule has 0 rings (SSSR count). The maximum atomic E-state index is 6.08. The molecule has 1 unspecified atom stereocenters. The molecular formula is C3H9Cl3N2P2S2. The van der Waals surface area contributed by atoms with Crippen LogP contribution >= 0.6 is 44.3 Å². The van der Waals surface area contributed by atoms with Gasteiger partial charge in [0, 0.05) is 7.05 Å². The average molecular weight is 306 g/mol. The van der Waals surface area contributed by atoms with Crippen LogP contribution in [0.15, 0.2) is 0 Å². The normalized spacial score (nSPS) is 18.3. The van der Waals surface area contributed by atoms with E-state index < -0.39 is 10.6 Å². The lowest BCUT2D eigenvalue weighted by Crippen LogP contribution is -2.15. The van der Waals surface area contributed by atoms with Crippen molar-refractivity contribution in [1.82, 2.24) is 9.11 Å². The van der Waals surface area contributed by atoms with Crippen molar-refractivity contribution in [2.45, 2.75) is 0 Å². The van der Waals surface area contributed by atoms with Crippen LogP contribution in [0.3, 0.4) is 0 Å². The number of rotatable bonds is 3. The highest BCUT2D eigenvalue weighted by atomic mass is 35.9. The van der Waals surface area contributed by atoms with Crippen LogP contribution in [0.5, 0.6) is 0 Å². The second kappa shape index (κ2) is 4.74. The fourth-order valence-corrected chi connectivity index (χ4v) is 9.15. The van der Waals surface area contributed by atoms with Gasteiger partial charge in [0.15, 0.2) is 10.6 Å². The summed E-state index contributed by atoms with van der Waals surface area (Å²) in [5.74, 6) is 0. The highest BCUT2D eigenvalue weighted by molar-refractivity contribution is 8.42. The van der Waals surface area contributed by atoms with Gasteiger partial charge in [-0.15, -0.1) is 0 Å². The molecule has 0 aromatic carbocycles. The zero-order chi connectivity index (χ0) is 10.2. The number of halogens is 3. The van der Waals surface area contributed by atoms with E-state index in [-0.39, 0.29) is 0 Å². The van der Waals surface area contributed by atoms with Crippen LogP contribution in [0.2, 0.25) is 0 Å². The fourth-order valence-electron chi connectivity index (χ4n) is 0.387. The van der Waals surface area contributed by atoms with Gasteiger partial charge >= 0.3 is 0 Å². The molecule has 0 bridgehead atoms. The summed E-state index contributed by atoms with van der Waals surface area (Å²) in [5, 5.41) is 0. The van der Waals surface area contributed by atoms with Crippen LogP contribution in [-0.4, -0.2) is 30.3 Å². The van der Waals surface area contributed by atoms with Gasteiger partial charge in [0.2, 0.25) is 0 Å². The highest BCUT2D eigenvalue weighted by Gasteiger charge is 2.31. The molecule has 0 heterocycles. The molecular weight excluding hydrogens is 296 g/mol. The van der Waals surface area contributed by atoms with Crippen molar-refractivity contribution in [3.63, 3.8) is 0 Å². The van der Waals surface area contributed by atoms with Gasteiger partial charge in [-0.2, -0.15) is 0 Å². The summed E-state index contributed by atoms with van der Waals surface area (Å²) in [7, 11) is 5.22. The van der Waals surface area contributed by atoms with Gasteiger partial charge in [-0.1, -0.05) is 33.7 Å². The lowest BCUT2D eigenvalue weighted by molar-refractivity contribution is 0.649. The summed E-state index contributed by atoms with van der Waals surface area (Å²) in [6.45, 7) is 0. The van der Waals surface area contributed by atoms with Crippen molar-refractivity contribution in [2.75, 3.05) is 21.1 Å². The zero-order valence-electron chi connectivity index (χ0n) is 6.74. The Labute approximate surface area is 97.7 Å². The third kappa shape index (κ3) is 3.68. The van der Waals surface area contributed by atoms with Crippen LogP contribution in [0.25, 0.3) is 0 Å². The highest BCUT2D eigenvalue weighted by Crippen LogP contribution is 2.74. The van der Waals surface area contributed by atoms with E-state index in [4.69, 9.17) is 57.3 Å². The van der Waals surface area contributed by atoms with Gasteiger partial charge in [0.1, 0.15) is 0 Å². The summed E-state index contributed by atoms with van der Waals surface area (Å²) >= 11 is 27.7. The minimum absolute atomic E-state index is 1.52. The molecule has 0 fully saturated rings. The number of nitrogens with zero attached hydrogens (tertiary/aromatic N) is 2. The Kier molecular flexibility index (Phi) is 5.57. The number of hydrogen-bond donors (Lipinski definition) is 0. The van der Waals surface area contributed by atoms with Crippen molar-refractivity contribution < 1.29 is 0 Å². The number of hydrogen-bond acceptors (Lipinski definition) is 2. The van der Waals surface area contributed by atoms with E-state index in [9.17, 15) is 0 Å². The molecule has 2 nitrogen and oxygen atoms in total. The first-order valence-corrected chi connectivity index (χ1v) is 11.0.